The number of nitrogens with zero attached hydrogens (tertiary/aromatic N) is 3. The highest BCUT2D eigenvalue weighted by Gasteiger charge is 2.56. The van der Waals surface area contributed by atoms with E-state index in [1.165, 1.54) is 5.56 Å². The monoisotopic (exact) mass is 436 g/mol. The van der Waals surface area contributed by atoms with E-state index in [9.17, 15) is 4.79 Å². The minimum Gasteiger partial charge on any atom is -0.383 e. The molecular weight excluding hydrogens is 400 g/mol. The minimum atomic E-state index is 0.104. The summed E-state index contributed by atoms with van der Waals surface area (Å²) in [6, 6.07) is 12.3. The predicted molar refractivity (Wildman–Crippen MR) is 129 cm³/mol. The number of rotatable bonds is 8. The highest BCUT2D eigenvalue weighted by molar-refractivity contribution is 5.94. The van der Waals surface area contributed by atoms with Gasteiger partial charge in [-0.1, -0.05) is 32.9 Å². The number of anilines is 2. The number of amides is 1. The number of likely N-dealkylation sites (tertiary alicyclic amines) is 1. The van der Waals surface area contributed by atoms with Crippen molar-refractivity contribution in [2.75, 3.05) is 57.2 Å². The third-order valence-electron chi connectivity index (χ3n) is 6.97. The lowest BCUT2D eigenvalue weighted by atomic mass is 9.86. The van der Waals surface area contributed by atoms with E-state index in [-0.39, 0.29) is 11.3 Å². The molecular formula is C26H36N4O2. The van der Waals surface area contributed by atoms with Crippen LogP contribution in [0.25, 0.3) is 0 Å². The van der Waals surface area contributed by atoms with Crippen LogP contribution in [0.3, 0.4) is 0 Å². The zero-order valence-corrected chi connectivity index (χ0v) is 20.0. The van der Waals surface area contributed by atoms with Gasteiger partial charge in [0.15, 0.2) is 0 Å². The summed E-state index contributed by atoms with van der Waals surface area (Å²) >= 11 is 0. The molecule has 1 aliphatic carbocycles. The zero-order valence-electron chi connectivity index (χ0n) is 20.0. The number of carbonyl (C=O) groups is 1. The Labute approximate surface area is 192 Å². The first-order valence-electron chi connectivity index (χ1n) is 11.6. The lowest BCUT2D eigenvalue weighted by molar-refractivity contribution is 0.0768. The van der Waals surface area contributed by atoms with E-state index in [1.54, 1.807) is 7.11 Å². The molecule has 1 aromatic carbocycles. The normalized spacial score (nSPS) is 21.9. The van der Waals surface area contributed by atoms with Gasteiger partial charge in [-0.2, -0.15) is 0 Å². The topological polar surface area (TPSA) is 57.7 Å². The van der Waals surface area contributed by atoms with Gasteiger partial charge in [0.25, 0.3) is 5.91 Å². The number of likely N-dealkylation sites (N-methyl/N-ethyl adjacent to an activating group) is 1. The summed E-state index contributed by atoms with van der Waals surface area (Å²) in [5.41, 5.74) is 3.21. The minimum absolute atomic E-state index is 0.104. The number of nitrogens with one attached hydrogen (secondary N) is 1. The van der Waals surface area contributed by atoms with Gasteiger partial charge in [-0.15, -0.1) is 0 Å². The van der Waals surface area contributed by atoms with Gasteiger partial charge in [-0.05, 0) is 53.0 Å². The third kappa shape index (κ3) is 4.90. The van der Waals surface area contributed by atoms with Crippen molar-refractivity contribution >= 4 is 17.4 Å². The Morgan fingerprint density at radius 3 is 2.41 bits per heavy atom. The van der Waals surface area contributed by atoms with Crippen LogP contribution in [0.1, 0.15) is 36.7 Å². The largest absolute Gasteiger partial charge is 0.383 e. The van der Waals surface area contributed by atoms with E-state index in [0.29, 0.717) is 24.4 Å². The van der Waals surface area contributed by atoms with Crippen LogP contribution < -0.4 is 10.2 Å². The van der Waals surface area contributed by atoms with E-state index < -0.39 is 0 Å². The number of aromatic nitrogens is 1. The maximum Gasteiger partial charge on any atom is 0.253 e. The molecule has 1 saturated carbocycles. The molecule has 6 heteroatoms. The maximum absolute atomic E-state index is 12.9. The zero-order chi connectivity index (χ0) is 22.9. The molecule has 2 unspecified atom stereocenters. The molecule has 4 rings (SSSR count). The first kappa shape index (κ1) is 22.6. The number of ether oxygens (including phenoxy) is 1. The van der Waals surface area contributed by atoms with Gasteiger partial charge in [-0.3, -0.25) is 4.79 Å². The standard InChI is InChI=1S/C26H36N4O2/c1-26(2,3)19-8-6-18(7-9-19)25(31)30-16-22-21(23(22)17-30)15-27-20-10-11-24(28-14-20)29(4)12-13-32-5/h6-11,14,21-23,27H,12-13,15-17H2,1-5H3. The van der Waals surface area contributed by atoms with E-state index in [1.807, 2.05) is 36.3 Å². The fourth-order valence-electron chi connectivity index (χ4n) is 4.71. The summed E-state index contributed by atoms with van der Waals surface area (Å²) in [6.45, 7) is 10.8. The summed E-state index contributed by atoms with van der Waals surface area (Å²) in [7, 11) is 3.73. The SMILES string of the molecule is COCCN(C)c1ccc(NCC2C3CN(C(=O)c4ccc(C(C)(C)C)cc4)CC23)cn1. The molecule has 0 bridgehead atoms. The quantitative estimate of drug-likeness (QED) is 0.680. The van der Waals surface area contributed by atoms with Crippen molar-refractivity contribution < 1.29 is 9.53 Å². The molecule has 6 nitrogen and oxygen atoms in total. The van der Waals surface area contributed by atoms with Crippen molar-refractivity contribution in [3.05, 3.63) is 53.7 Å². The number of carbonyl (C=O) groups excluding carboxylic acids is 1. The number of benzene rings is 1. The molecule has 0 radical (unpaired) electrons. The Bertz CT molecular complexity index is 908. The molecule has 1 saturated heterocycles. The molecule has 2 aliphatic rings. The van der Waals surface area contributed by atoms with Gasteiger partial charge in [0, 0.05) is 45.9 Å². The highest BCUT2D eigenvalue weighted by Crippen LogP contribution is 2.51. The van der Waals surface area contributed by atoms with Crippen molar-refractivity contribution in [2.45, 2.75) is 26.2 Å². The number of pyridine rings is 1. The van der Waals surface area contributed by atoms with Crippen LogP contribution in [0.5, 0.6) is 0 Å². The maximum atomic E-state index is 12.9. The Morgan fingerprint density at radius 1 is 1.16 bits per heavy atom. The fraction of sp³-hybridized carbons (Fsp3) is 0.538. The molecule has 2 heterocycles. The average molecular weight is 437 g/mol. The van der Waals surface area contributed by atoms with E-state index >= 15 is 0 Å². The Morgan fingerprint density at radius 2 is 1.84 bits per heavy atom. The molecule has 1 amide bonds. The van der Waals surface area contributed by atoms with Crippen molar-refractivity contribution in [1.82, 2.24) is 9.88 Å². The molecule has 1 N–H and O–H groups in total. The predicted octanol–water partition coefficient (Wildman–Crippen LogP) is 3.89. The molecule has 2 aromatic rings. The molecule has 0 spiro atoms. The van der Waals surface area contributed by atoms with Crippen LogP contribution in [0.15, 0.2) is 42.6 Å². The van der Waals surface area contributed by atoms with E-state index in [0.717, 1.165) is 43.2 Å². The van der Waals surface area contributed by atoms with Gasteiger partial charge in [0.05, 0.1) is 18.5 Å². The summed E-state index contributed by atoms with van der Waals surface area (Å²) in [4.78, 5) is 21.6. The van der Waals surface area contributed by atoms with Crippen LogP contribution in [0, 0.1) is 17.8 Å². The highest BCUT2D eigenvalue weighted by atomic mass is 16.5. The number of fused-ring (bicyclic) bond motifs is 1. The van der Waals surface area contributed by atoms with E-state index in [4.69, 9.17) is 4.74 Å². The van der Waals surface area contributed by atoms with Crippen LogP contribution in [0.4, 0.5) is 11.5 Å². The first-order valence-corrected chi connectivity index (χ1v) is 11.6. The van der Waals surface area contributed by atoms with Crippen LogP contribution >= 0.6 is 0 Å². The van der Waals surface area contributed by atoms with Gasteiger partial charge >= 0.3 is 0 Å². The molecule has 32 heavy (non-hydrogen) atoms. The Balaban J connectivity index is 1.23. The summed E-state index contributed by atoms with van der Waals surface area (Å²) in [5, 5.41) is 3.53. The molecule has 2 fully saturated rings. The van der Waals surface area contributed by atoms with Crippen LogP contribution in [0.2, 0.25) is 0 Å². The van der Waals surface area contributed by atoms with E-state index in [2.05, 4.69) is 54.2 Å². The smallest absolute Gasteiger partial charge is 0.253 e. The first-order chi connectivity index (χ1) is 15.3. The van der Waals surface area contributed by atoms with Crippen molar-refractivity contribution in [1.29, 1.82) is 0 Å². The van der Waals surface area contributed by atoms with Gasteiger partial charge in [0.2, 0.25) is 0 Å². The third-order valence-corrected chi connectivity index (χ3v) is 6.97. The summed E-state index contributed by atoms with van der Waals surface area (Å²) in [6.07, 6.45) is 1.90. The second-order valence-electron chi connectivity index (χ2n) is 10.2. The van der Waals surface area contributed by atoms with Crippen LogP contribution in [-0.2, 0) is 10.2 Å². The van der Waals surface area contributed by atoms with Crippen molar-refractivity contribution in [3.63, 3.8) is 0 Å². The van der Waals surface area contributed by atoms with Gasteiger partial charge in [0.1, 0.15) is 5.82 Å². The lowest BCUT2D eigenvalue weighted by Gasteiger charge is -2.22. The van der Waals surface area contributed by atoms with Gasteiger partial charge < -0.3 is 19.9 Å². The number of hydrogen-bond acceptors (Lipinski definition) is 5. The Kier molecular flexibility index (Phi) is 6.42. The Hall–Kier alpha value is -2.60. The van der Waals surface area contributed by atoms with Crippen LogP contribution in [-0.4, -0.2) is 62.7 Å². The fourth-order valence-corrected chi connectivity index (χ4v) is 4.71. The summed E-state index contributed by atoms with van der Waals surface area (Å²) < 4.78 is 5.12. The summed E-state index contributed by atoms with van der Waals surface area (Å²) in [5.74, 6) is 2.99. The van der Waals surface area contributed by atoms with Crippen molar-refractivity contribution in [3.8, 4) is 0 Å². The average Bonchev–Trinajstić information content (AvgIpc) is 3.23. The second kappa shape index (κ2) is 9.10. The molecule has 2 atom stereocenters. The number of methoxy groups -OCH3 is 1. The number of hydrogen-bond donors (Lipinski definition) is 1. The number of piperidine rings is 1. The lowest BCUT2D eigenvalue weighted by Crippen LogP contribution is -2.32. The van der Waals surface area contributed by atoms with Crippen molar-refractivity contribution in [2.24, 2.45) is 17.8 Å². The van der Waals surface area contributed by atoms with Gasteiger partial charge in [-0.25, -0.2) is 4.98 Å². The molecule has 1 aliphatic heterocycles. The second-order valence-corrected chi connectivity index (χ2v) is 10.2. The molecule has 172 valence electrons. The molecule has 1 aromatic heterocycles.